The van der Waals surface area contributed by atoms with Crippen molar-refractivity contribution in [3.63, 3.8) is 0 Å². The number of amides is 1. The number of Topliss-reactive ketones (excluding diaryl/α,β-unsaturated/α-hetero) is 1. The number of hydrogen-bond donors (Lipinski definition) is 1. The second-order valence-corrected chi connectivity index (χ2v) is 8.60. The number of aryl methyl sites for hydroxylation is 1. The highest BCUT2D eigenvalue weighted by atomic mass is 16.2. The lowest BCUT2D eigenvalue weighted by molar-refractivity contribution is 0.0709. The van der Waals surface area contributed by atoms with E-state index in [9.17, 15) is 14.4 Å². The Balaban J connectivity index is 1.79. The maximum absolute atomic E-state index is 13.7. The van der Waals surface area contributed by atoms with E-state index in [0.29, 0.717) is 29.9 Å². The Kier molecular flexibility index (Phi) is 7.11. The Morgan fingerprint density at radius 3 is 2.20 bits per heavy atom. The average molecular weight is 468 g/mol. The molecule has 6 nitrogen and oxygen atoms in total. The molecular weight excluding hydrogens is 438 g/mol. The molecule has 35 heavy (non-hydrogen) atoms. The van der Waals surface area contributed by atoms with Crippen LogP contribution < -0.4 is 5.56 Å². The minimum Gasteiger partial charge on any atom is -0.331 e. The molecule has 0 aliphatic rings. The zero-order valence-electron chi connectivity index (χ0n) is 20.2. The molecule has 4 rings (SSSR count). The van der Waals surface area contributed by atoms with E-state index in [1.165, 1.54) is 9.58 Å². The summed E-state index contributed by atoms with van der Waals surface area (Å²) in [5.41, 5.74) is 4.00. The fraction of sp³-hybridized carbons (Fsp3) is 0.207. The molecule has 0 saturated carbocycles. The van der Waals surface area contributed by atoms with E-state index in [2.05, 4.69) is 5.10 Å². The first-order chi connectivity index (χ1) is 16.9. The fourth-order valence-electron chi connectivity index (χ4n) is 4.20. The minimum atomic E-state index is -0.425. The molecule has 4 aromatic rings. The number of aromatic nitrogens is 2. The number of carbonyl (C=O) groups is 2. The predicted octanol–water partition coefficient (Wildman–Crippen LogP) is 5.18. The summed E-state index contributed by atoms with van der Waals surface area (Å²) in [4.78, 5) is 42.0. The number of H-pyrrole nitrogens is 1. The van der Waals surface area contributed by atoms with Gasteiger partial charge in [0.15, 0.2) is 5.78 Å². The van der Waals surface area contributed by atoms with E-state index in [1.807, 2.05) is 75.4 Å². The van der Waals surface area contributed by atoms with Crippen molar-refractivity contribution in [2.75, 3.05) is 13.1 Å². The Bertz CT molecular complexity index is 1400. The van der Waals surface area contributed by atoms with Crippen molar-refractivity contribution in [3.8, 4) is 16.9 Å². The van der Waals surface area contributed by atoms with E-state index in [1.54, 1.807) is 24.3 Å². The van der Waals surface area contributed by atoms with Gasteiger partial charge in [0.2, 0.25) is 0 Å². The molecule has 3 aromatic carbocycles. The second kappa shape index (κ2) is 10.4. The molecule has 1 heterocycles. The number of hydrogen-bond acceptors (Lipinski definition) is 3. The van der Waals surface area contributed by atoms with Crippen LogP contribution in [0.1, 0.15) is 45.2 Å². The van der Waals surface area contributed by atoms with Gasteiger partial charge in [-0.1, -0.05) is 67.6 Å². The van der Waals surface area contributed by atoms with Crippen LogP contribution in [0.25, 0.3) is 16.9 Å². The molecule has 0 aliphatic carbocycles. The molecule has 1 aromatic heterocycles. The third kappa shape index (κ3) is 4.87. The van der Waals surface area contributed by atoms with Crippen LogP contribution in [0.2, 0.25) is 0 Å². The quantitative estimate of drug-likeness (QED) is 0.363. The number of nitrogens with zero attached hydrogens (tertiary/aromatic N) is 2. The van der Waals surface area contributed by atoms with Crippen molar-refractivity contribution in [1.82, 2.24) is 14.7 Å². The van der Waals surface area contributed by atoms with Gasteiger partial charge in [0.05, 0.1) is 17.9 Å². The number of rotatable bonds is 8. The summed E-state index contributed by atoms with van der Waals surface area (Å²) >= 11 is 0. The van der Waals surface area contributed by atoms with Gasteiger partial charge < -0.3 is 4.90 Å². The van der Waals surface area contributed by atoms with Crippen LogP contribution in [0.4, 0.5) is 0 Å². The van der Waals surface area contributed by atoms with Gasteiger partial charge in [-0.3, -0.25) is 19.5 Å². The summed E-state index contributed by atoms with van der Waals surface area (Å²) in [6.45, 7) is 6.11. The first-order valence-electron chi connectivity index (χ1n) is 11.8. The van der Waals surface area contributed by atoms with Gasteiger partial charge >= 0.3 is 0 Å². The van der Waals surface area contributed by atoms with Crippen molar-refractivity contribution >= 4 is 11.7 Å². The van der Waals surface area contributed by atoms with Crippen LogP contribution in [-0.4, -0.2) is 39.5 Å². The van der Waals surface area contributed by atoms with Gasteiger partial charge in [-0.25, -0.2) is 4.68 Å². The lowest BCUT2D eigenvalue weighted by Gasteiger charge is -2.21. The SMILES string of the molecule is CCCN(CC(=O)c1c(-c2ccccc2)[nH]n(-c2cccc(C)c2C)c1=O)C(=O)c1ccccc1. The van der Waals surface area contributed by atoms with Crippen LogP contribution in [0.15, 0.2) is 83.7 Å². The standard InChI is InChI=1S/C29H29N3O3/c1-4-18-31(28(34)23-15-9-6-10-16-23)19-25(33)26-27(22-13-7-5-8-14-22)30-32(29(26)35)24-17-11-12-20(2)21(24)3/h5-17,30H,4,18-19H2,1-3H3. The fourth-order valence-corrected chi connectivity index (χ4v) is 4.20. The maximum Gasteiger partial charge on any atom is 0.282 e. The molecule has 0 aliphatic heterocycles. The average Bonchev–Trinajstić information content (AvgIpc) is 3.23. The Labute approximate surface area is 204 Å². The topological polar surface area (TPSA) is 75.2 Å². The van der Waals surface area contributed by atoms with Crippen LogP contribution in [0, 0.1) is 13.8 Å². The van der Waals surface area contributed by atoms with E-state index in [4.69, 9.17) is 0 Å². The normalized spacial score (nSPS) is 10.8. The third-order valence-corrected chi connectivity index (χ3v) is 6.18. The van der Waals surface area contributed by atoms with Crippen molar-refractivity contribution in [2.45, 2.75) is 27.2 Å². The Morgan fingerprint density at radius 1 is 0.886 bits per heavy atom. The number of ketones is 1. The minimum absolute atomic E-state index is 0.0547. The van der Waals surface area contributed by atoms with E-state index >= 15 is 0 Å². The van der Waals surface area contributed by atoms with Crippen molar-refractivity contribution in [3.05, 3.63) is 111 Å². The molecule has 0 bridgehead atoms. The molecular formula is C29H29N3O3. The van der Waals surface area contributed by atoms with Crippen molar-refractivity contribution in [2.24, 2.45) is 0 Å². The summed E-state index contributed by atoms with van der Waals surface area (Å²) in [6.07, 6.45) is 0.692. The molecule has 178 valence electrons. The van der Waals surface area contributed by atoms with Gasteiger partial charge in [0, 0.05) is 17.7 Å². The van der Waals surface area contributed by atoms with E-state index in [-0.39, 0.29) is 18.0 Å². The highest BCUT2D eigenvalue weighted by Gasteiger charge is 2.27. The molecule has 0 saturated heterocycles. The van der Waals surface area contributed by atoms with Crippen LogP contribution >= 0.6 is 0 Å². The van der Waals surface area contributed by atoms with Gasteiger partial charge in [0.1, 0.15) is 5.56 Å². The second-order valence-electron chi connectivity index (χ2n) is 8.60. The van der Waals surface area contributed by atoms with Crippen LogP contribution in [0.3, 0.4) is 0 Å². The summed E-state index contributed by atoms with van der Waals surface area (Å²) in [6, 6.07) is 23.9. The zero-order chi connectivity index (χ0) is 24.9. The molecule has 0 fully saturated rings. The van der Waals surface area contributed by atoms with E-state index < -0.39 is 11.3 Å². The third-order valence-electron chi connectivity index (χ3n) is 6.18. The van der Waals surface area contributed by atoms with Crippen molar-refractivity contribution < 1.29 is 9.59 Å². The highest BCUT2D eigenvalue weighted by Crippen LogP contribution is 2.23. The number of carbonyl (C=O) groups excluding carboxylic acids is 2. The molecule has 0 spiro atoms. The summed E-state index contributed by atoms with van der Waals surface area (Å²) in [7, 11) is 0. The van der Waals surface area contributed by atoms with Gasteiger partial charge in [-0.05, 0) is 49.6 Å². The smallest absolute Gasteiger partial charge is 0.282 e. The predicted molar refractivity (Wildman–Crippen MR) is 138 cm³/mol. The lowest BCUT2D eigenvalue weighted by Crippen LogP contribution is -2.37. The first kappa shape index (κ1) is 24.0. The van der Waals surface area contributed by atoms with Crippen LogP contribution in [-0.2, 0) is 0 Å². The van der Waals surface area contributed by atoms with Gasteiger partial charge in [-0.15, -0.1) is 0 Å². The first-order valence-corrected chi connectivity index (χ1v) is 11.8. The molecule has 0 radical (unpaired) electrons. The molecule has 0 atom stereocenters. The number of nitrogens with one attached hydrogen (secondary N) is 1. The summed E-state index contributed by atoms with van der Waals surface area (Å²) < 4.78 is 1.43. The molecule has 1 N–H and O–H groups in total. The van der Waals surface area contributed by atoms with Crippen molar-refractivity contribution in [1.29, 1.82) is 0 Å². The Morgan fingerprint density at radius 2 is 1.54 bits per heavy atom. The summed E-state index contributed by atoms with van der Waals surface area (Å²) in [5, 5.41) is 3.18. The largest absolute Gasteiger partial charge is 0.331 e. The number of benzene rings is 3. The van der Waals surface area contributed by atoms with E-state index in [0.717, 1.165) is 16.7 Å². The molecule has 6 heteroatoms. The summed E-state index contributed by atoms with van der Waals surface area (Å²) in [5.74, 6) is -0.626. The molecule has 0 unspecified atom stereocenters. The zero-order valence-corrected chi connectivity index (χ0v) is 20.2. The maximum atomic E-state index is 13.7. The lowest BCUT2D eigenvalue weighted by atomic mass is 10.0. The van der Waals surface area contributed by atoms with Gasteiger partial charge in [0.25, 0.3) is 11.5 Å². The monoisotopic (exact) mass is 467 g/mol. The van der Waals surface area contributed by atoms with Crippen LogP contribution in [0.5, 0.6) is 0 Å². The highest BCUT2D eigenvalue weighted by molar-refractivity contribution is 6.05. The van der Waals surface area contributed by atoms with Gasteiger partial charge in [-0.2, -0.15) is 0 Å². The Hall–Kier alpha value is -4.19. The molecule has 1 amide bonds. The number of aromatic amines is 1.